The zero-order valence-corrected chi connectivity index (χ0v) is 50.2. The second-order valence-electron chi connectivity index (χ2n) is 30.0. The van der Waals surface area contributed by atoms with Crippen LogP contribution in [0.2, 0.25) is 0 Å². The minimum atomic E-state index is -0.386. The van der Waals surface area contributed by atoms with Crippen LogP contribution < -0.4 is 21.3 Å². The standard InChI is InChI=1S/C74H80BN3/c1-68(2,3)43-25-30-49(31-26-43)77-62-42-61-52(50-35-44(69(4,5)6)27-32-58(50)76(61)48-23-21-20-22-24-48)40-56(62)75-57-41-53-51-36-45(70(7,8)9)28-33-59(51)78-60-34-29-46(71(10,11)12)37-54(60)73(16,17)65(67(53)78)64(57)74(18,19)55-38-47(72(13,14)15)39-63(77)66(55)75/h20-42H,1-19H3. The molecule has 0 N–H and O–H groups in total. The normalized spacial score (nSPS) is 15.8. The maximum absolute atomic E-state index is 2.70. The Morgan fingerprint density at radius 1 is 0.346 bits per heavy atom. The van der Waals surface area contributed by atoms with Crippen molar-refractivity contribution in [2.45, 2.75) is 169 Å². The molecule has 2 aromatic heterocycles. The van der Waals surface area contributed by atoms with Crippen LogP contribution in [-0.2, 0) is 37.9 Å². The van der Waals surface area contributed by atoms with Gasteiger partial charge >= 0.3 is 0 Å². The van der Waals surface area contributed by atoms with Crippen molar-refractivity contribution in [3.05, 3.63) is 190 Å². The lowest BCUT2D eigenvalue weighted by atomic mass is 9.29. The van der Waals surface area contributed by atoms with E-state index in [2.05, 4.69) is 285 Å². The molecule has 0 radical (unpaired) electrons. The van der Waals surface area contributed by atoms with Crippen molar-refractivity contribution in [1.82, 2.24) is 9.13 Å². The molecule has 0 unspecified atom stereocenters. The second-order valence-corrected chi connectivity index (χ2v) is 30.0. The Hall–Kier alpha value is -6.78. The van der Waals surface area contributed by atoms with E-state index >= 15 is 0 Å². The zero-order chi connectivity index (χ0) is 55.5. The number of para-hydroxylation sites is 1. The maximum atomic E-state index is 2.70. The Kier molecular flexibility index (Phi) is 10.4. The Bertz CT molecular complexity index is 4190. The molecular formula is C74H80BN3. The van der Waals surface area contributed by atoms with E-state index in [1.807, 2.05) is 0 Å². The number of aromatic nitrogens is 2. The van der Waals surface area contributed by atoms with Crippen molar-refractivity contribution >= 4 is 83.8 Å². The molecule has 0 fully saturated rings. The third-order valence-electron chi connectivity index (χ3n) is 18.9. The molecule has 8 aromatic carbocycles. The van der Waals surface area contributed by atoms with Crippen LogP contribution in [0.4, 0.5) is 17.1 Å². The maximum Gasteiger partial charge on any atom is 0.247 e. The van der Waals surface area contributed by atoms with E-state index in [1.54, 1.807) is 0 Å². The number of anilines is 3. The SMILES string of the molecule is CC(C)(C)c1ccc(N2c3cc4c(cc3B3c5cc6c7cc(C(C)(C)C)ccc7n7c6c(c5C(C)(C)c5cc(C(C)(C)C)cc2c53)C(C)(C)c2cc(C(C)(C)C)ccc2-7)c2cc(C(C)(C)C)ccc2n4-c2ccccc2)cc1. The fourth-order valence-electron chi connectivity index (χ4n) is 14.3. The van der Waals surface area contributed by atoms with Crippen LogP contribution in [0.15, 0.2) is 140 Å². The number of hydrogen-bond donors (Lipinski definition) is 0. The summed E-state index contributed by atoms with van der Waals surface area (Å²) in [5.41, 5.74) is 27.2. The van der Waals surface area contributed by atoms with Crippen LogP contribution in [0.25, 0.3) is 55.0 Å². The molecule has 0 aliphatic carbocycles. The van der Waals surface area contributed by atoms with Crippen molar-refractivity contribution in [3.63, 3.8) is 0 Å². The number of nitrogens with zero attached hydrogens (tertiary/aromatic N) is 3. The average molecular weight is 1020 g/mol. The van der Waals surface area contributed by atoms with Gasteiger partial charge in [-0.05, 0) is 155 Å². The van der Waals surface area contributed by atoms with Gasteiger partial charge < -0.3 is 14.0 Å². The molecule has 4 heteroatoms. The molecule has 0 saturated heterocycles. The number of fused-ring (bicyclic) bond motifs is 13. The van der Waals surface area contributed by atoms with E-state index in [9.17, 15) is 0 Å². The highest BCUT2D eigenvalue weighted by Gasteiger charge is 2.51. The summed E-state index contributed by atoms with van der Waals surface area (Å²) in [4.78, 5) is 2.67. The predicted molar refractivity (Wildman–Crippen MR) is 339 cm³/mol. The molecule has 5 heterocycles. The molecule has 3 aliphatic rings. The summed E-state index contributed by atoms with van der Waals surface area (Å²) < 4.78 is 5.21. The summed E-state index contributed by atoms with van der Waals surface area (Å²) >= 11 is 0. The van der Waals surface area contributed by atoms with Crippen molar-refractivity contribution in [2.75, 3.05) is 4.90 Å². The van der Waals surface area contributed by atoms with Gasteiger partial charge in [0.05, 0.1) is 27.8 Å². The fraction of sp³-hybridized carbons (Fsp3) is 0.351. The first-order valence-electron chi connectivity index (χ1n) is 29.0. The van der Waals surface area contributed by atoms with E-state index in [0.717, 1.165) is 0 Å². The molecule has 0 atom stereocenters. The van der Waals surface area contributed by atoms with Crippen molar-refractivity contribution in [1.29, 1.82) is 0 Å². The molecule has 3 nitrogen and oxygen atoms in total. The summed E-state index contributed by atoms with van der Waals surface area (Å²) in [7, 11) is 0. The lowest BCUT2D eigenvalue weighted by molar-refractivity contribution is 0.561. The van der Waals surface area contributed by atoms with Crippen molar-refractivity contribution < 1.29 is 0 Å². The van der Waals surface area contributed by atoms with Crippen LogP contribution in [0.3, 0.4) is 0 Å². The summed E-state index contributed by atoms with van der Waals surface area (Å²) in [6, 6.07) is 55.8. The van der Waals surface area contributed by atoms with Gasteiger partial charge in [0.1, 0.15) is 0 Å². The molecule has 10 aromatic rings. The molecule has 3 aliphatic heterocycles. The van der Waals surface area contributed by atoms with E-state index < -0.39 is 0 Å². The minimum absolute atomic E-state index is 0.0114. The average Bonchev–Trinajstić information content (AvgIpc) is 2.63. The van der Waals surface area contributed by atoms with Crippen molar-refractivity contribution in [2.24, 2.45) is 0 Å². The van der Waals surface area contributed by atoms with Gasteiger partial charge in [-0.25, -0.2) is 0 Å². The van der Waals surface area contributed by atoms with Gasteiger partial charge in [-0.15, -0.1) is 0 Å². The van der Waals surface area contributed by atoms with Gasteiger partial charge in [-0.2, -0.15) is 0 Å². The van der Waals surface area contributed by atoms with Crippen LogP contribution in [-0.4, -0.2) is 15.8 Å². The van der Waals surface area contributed by atoms with Gasteiger partial charge in [0.2, 0.25) is 6.71 Å². The quantitative estimate of drug-likeness (QED) is 0.157. The van der Waals surface area contributed by atoms with Gasteiger partial charge in [-0.1, -0.05) is 210 Å². The van der Waals surface area contributed by atoms with E-state index in [4.69, 9.17) is 0 Å². The van der Waals surface area contributed by atoms with E-state index in [0.29, 0.717) is 0 Å². The van der Waals surface area contributed by atoms with Gasteiger partial charge in [0, 0.05) is 55.1 Å². The Balaban J connectivity index is 1.24. The van der Waals surface area contributed by atoms with Crippen molar-refractivity contribution in [3.8, 4) is 11.4 Å². The van der Waals surface area contributed by atoms with Gasteiger partial charge in [-0.3, -0.25) is 0 Å². The monoisotopic (exact) mass is 1020 g/mol. The van der Waals surface area contributed by atoms with E-state index in [1.165, 1.54) is 139 Å². The topological polar surface area (TPSA) is 13.1 Å². The summed E-state index contributed by atoms with van der Waals surface area (Å²) in [5.74, 6) is 0. The third kappa shape index (κ3) is 7.15. The molecular weight excluding hydrogens is 942 g/mol. The van der Waals surface area contributed by atoms with Gasteiger partial charge in [0.25, 0.3) is 0 Å². The zero-order valence-electron chi connectivity index (χ0n) is 50.2. The van der Waals surface area contributed by atoms with E-state index in [-0.39, 0.29) is 44.6 Å². The Morgan fingerprint density at radius 3 is 1.42 bits per heavy atom. The highest BCUT2D eigenvalue weighted by atomic mass is 15.2. The largest absolute Gasteiger partial charge is 0.311 e. The molecule has 0 saturated carbocycles. The number of benzene rings is 8. The summed E-state index contributed by atoms with van der Waals surface area (Å²) in [6.45, 7) is 45.6. The third-order valence-corrected chi connectivity index (χ3v) is 18.9. The highest BCUT2D eigenvalue weighted by Crippen LogP contribution is 2.55. The predicted octanol–water partition coefficient (Wildman–Crippen LogP) is 17.9. The Labute approximate surface area is 465 Å². The minimum Gasteiger partial charge on any atom is -0.311 e. The summed E-state index contributed by atoms with van der Waals surface area (Å²) in [6.07, 6.45) is 0. The fourth-order valence-corrected chi connectivity index (χ4v) is 14.3. The molecule has 394 valence electrons. The van der Waals surface area contributed by atoms with Crippen LogP contribution >= 0.6 is 0 Å². The number of hydrogen-bond acceptors (Lipinski definition) is 1. The highest BCUT2D eigenvalue weighted by molar-refractivity contribution is 6.99. The molecule has 0 spiro atoms. The number of rotatable bonds is 2. The van der Waals surface area contributed by atoms with Gasteiger partial charge in [0.15, 0.2) is 0 Å². The lowest BCUT2D eigenvalue weighted by Crippen LogP contribution is -2.65. The lowest BCUT2D eigenvalue weighted by Gasteiger charge is -2.49. The molecule has 13 rings (SSSR count). The first kappa shape index (κ1) is 50.7. The first-order valence-corrected chi connectivity index (χ1v) is 29.0. The van der Waals surface area contributed by atoms with Crippen LogP contribution in [0.1, 0.15) is 182 Å². The molecule has 0 amide bonds. The smallest absolute Gasteiger partial charge is 0.247 e. The molecule has 0 bridgehead atoms. The van der Waals surface area contributed by atoms with Crippen LogP contribution in [0, 0.1) is 0 Å². The first-order chi connectivity index (χ1) is 36.4. The second kappa shape index (κ2) is 16.0. The Morgan fingerprint density at radius 2 is 0.833 bits per heavy atom. The molecule has 78 heavy (non-hydrogen) atoms. The van der Waals surface area contributed by atoms with Crippen LogP contribution in [0.5, 0.6) is 0 Å². The summed E-state index contributed by atoms with van der Waals surface area (Å²) in [5, 5.41) is 5.28.